The van der Waals surface area contributed by atoms with Crippen molar-refractivity contribution in [3.8, 4) is 5.75 Å². The minimum absolute atomic E-state index is 0.0204. The maximum absolute atomic E-state index is 12.5. The first-order valence-corrected chi connectivity index (χ1v) is 9.32. The summed E-state index contributed by atoms with van der Waals surface area (Å²) < 4.78 is 7.60. The maximum Gasteiger partial charge on any atom is 0.266 e. The Hall–Kier alpha value is -3.15. The van der Waals surface area contributed by atoms with Crippen molar-refractivity contribution >= 4 is 11.7 Å². The minimum atomic E-state index is -0.638. The van der Waals surface area contributed by atoms with Crippen molar-refractivity contribution in [1.82, 2.24) is 14.8 Å². The first kappa shape index (κ1) is 19.6. The summed E-state index contributed by atoms with van der Waals surface area (Å²) in [7, 11) is 0. The van der Waals surface area contributed by atoms with Crippen LogP contribution in [0.1, 0.15) is 38.8 Å². The molecule has 0 fully saturated rings. The van der Waals surface area contributed by atoms with Gasteiger partial charge in [0, 0.05) is 24.7 Å². The summed E-state index contributed by atoms with van der Waals surface area (Å²) in [5, 5.41) is 7.19. The van der Waals surface area contributed by atoms with Crippen LogP contribution < -0.4 is 10.1 Å². The predicted molar refractivity (Wildman–Crippen MR) is 109 cm³/mol. The summed E-state index contributed by atoms with van der Waals surface area (Å²) in [5.41, 5.74) is 2.27. The number of amides is 1. The second kappa shape index (κ2) is 8.25. The van der Waals surface area contributed by atoms with E-state index in [4.69, 9.17) is 4.74 Å². The van der Waals surface area contributed by atoms with E-state index in [1.54, 1.807) is 30.1 Å². The number of carbonyl (C=O) groups excluding carboxylic acids is 1. The van der Waals surface area contributed by atoms with Crippen LogP contribution >= 0.6 is 0 Å². The molecule has 3 aromatic rings. The zero-order valence-electron chi connectivity index (χ0n) is 16.7. The maximum atomic E-state index is 12.5. The second-order valence-electron chi connectivity index (χ2n) is 7.78. The molecular weight excluding hydrogens is 352 g/mol. The Bertz CT molecular complexity index is 929. The van der Waals surface area contributed by atoms with Gasteiger partial charge in [-0.3, -0.25) is 14.5 Å². The van der Waals surface area contributed by atoms with Crippen molar-refractivity contribution in [2.24, 2.45) is 0 Å². The van der Waals surface area contributed by atoms with Gasteiger partial charge >= 0.3 is 0 Å². The van der Waals surface area contributed by atoms with Crippen LogP contribution in [0.25, 0.3) is 0 Å². The highest BCUT2D eigenvalue weighted by Gasteiger charge is 2.18. The third kappa shape index (κ3) is 5.19. The summed E-state index contributed by atoms with van der Waals surface area (Å²) >= 11 is 0. The summed E-state index contributed by atoms with van der Waals surface area (Å²) in [6.45, 7) is 8.77. The first-order chi connectivity index (χ1) is 13.3. The van der Waals surface area contributed by atoms with Crippen molar-refractivity contribution in [2.75, 3.05) is 5.32 Å². The molecule has 2 heterocycles. The Morgan fingerprint density at radius 2 is 1.93 bits per heavy atom. The van der Waals surface area contributed by atoms with Gasteiger partial charge < -0.3 is 10.1 Å². The van der Waals surface area contributed by atoms with Crippen molar-refractivity contribution in [3.63, 3.8) is 0 Å². The standard InChI is InChI=1S/C22H26N4O2/c1-16(28-19-7-5-6-18(14-19)22(2,3)4)21(27)24-20-10-13-26(25-20)15-17-8-11-23-12-9-17/h5-14,16H,15H2,1-4H3,(H,24,25,27). The first-order valence-electron chi connectivity index (χ1n) is 9.32. The van der Waals surface area contributed by atoms with E-state index in [0.29, 0.717) is 18.1 Å². The van der Waals surface area contributed by atoms with Gasteiger partial charge in [0.25, 0.3) is 5.91 Å². The Labute approximate surface area is 165 Å². The van der Waals surface area contributed by atoms with Crippen LogP contribution in [0, 0.1) is 0 Å². The Morgan fingerprint density at radius 3 is 2.64 bits per heavy atom. The van der Waals surface area contributed by atoms with Crippen molar-refractivity contribution in [3.05, 3.63) is 72.2 Å². The van der Waals surface area contributed by atoms with Gasteiger partial charge in [-0.15, -0.1) is 0 Å². The van der Waals surface area contributed by atoms with Crippen LogP contribution in [0.4, 0.5) is 5.82 Å². The van der Waals surface area contributed by atoms with E-state index in [-0.39, 0.29) is 11.3 Å². The lowest BCUT2D eigenvalue weighted by Gasteiger charge is -2.21. The molecule has 6 heteroatoms. The molecule has 0 spiro atoms. The van der Waals surface area contributed by atoms with E-state index in [9.17, 15) is 4.79 Å². The molecule has 0 bridgehead atoms. The van der Waals surface area contributed by atoms with E-state index in [0.717, 1.165) is 11.1 Å². The number of aromatic nitrogens is 3. The van der Waals surface area contributed by atoms with Crippen molar-refractivity contribution in [1.29, 1.82) is 0 Å². The second-order valence-corrected chi connectivity index (χ2v) is 7.78. The van der Waals surface area contributed by atoms with Gasteiger partial charge in [0.2, 0.25) is 0 Å². The summed E-state index contributed by atoms with van der Waals surface area (Å²) in [4.78, 5) is 16.5. The number of hydrogen-bond acceptors (Lipinski definition) is 4. The Balaban J connectivity index is 1.59. The van der Waals surface area contributed by atoms with Gasteiger partial charge in [-0.05, 0) is 47.7 Å². The van der Waals surface area contributed by atoms with Gasteiger partial charge in [-0.2, -0.15) is 5.10 Å². The van der Waals surface area contributed by atoms with E-state index >= 15 is 0 Å². The topological polar surface area (TPSA) is 69.0 Å². The van der Waals surface area contributed by atoms with E-state index in [2.05, 4.69) is 42.2 Å². The van der Waals surface area contributed by atoms with Gasteiger partial charge in [-0.25, -0.2) is 0 Å². The number of benzene rings is 1. The summed E-state index contributed by atoms with van der Waals surface area (Å²) in [5.74, 6) is 0.937. The lowest BCUT2D eigenvalue weighted by molar-refractivity contribution is -0.122. The monoisotopic (exact) mass is 378 g/mol. The molecule has 1 atom stereocenters. The molecule has 6 nitrogen and oxygen atoms in total. The number of nitrogens with one attached hydrogen (secondary N) is 1. The average molecular weight is 378 g/mol. The van der Waals surface area contributed by atoms with Crippen LogP contribution in [0.3, 0.4) is 0 Å². The van der Waals surface area contributed by atoms with Gasteiger partial charge in [0.05, 0.1) is 6.54 Å². The number of hydrogen-bond donors (Lipinski definition) is 1. The molecule has 0 aliphatic rings. The molecule has 1 unspecified atom stereocenters. The normalized spacial score (nSPS) is 12.4. The van der Waals surface area contributed by atoms with E-state index in [1.165, 1.54) is 0 Å². The van der Waals surface area contributed by atoms with Gasteiger partial charge in [0.1, 0.15) is 5.75 Å². The Morgan fingerprint density at radius 1 is 1.18 bits per heavy atom. The average Bonchev–Trinajstić information content (AvgIpc) is 3.09. The van der Waals surface area contributed by atoms with Gasteiger partial charge in [0.15, 0.2) is 11.9 Å². The van der Waals surface area contributed by atoms with Crippen LogP contribution in [-0.2, 0) is 16.8 Å². The molecule has 0 saturated carbocycles. The molecule has 0 saturated heterocycles. The van der Waals surface area contributed by atoms with Crippen LogP contribution in [0.15, 0.2) is 61.1 Å². The van der Waals surface area contributed by atoms with Crippen molar-refractivity contribution in [2.45, 2.75) is 45.8 Å². The highest BCUT2D eigenvalue weighted by Crippen LogP contribution is 2.26. The molecule has 1 amide bonds. The molecule has 146 valence electrons. The lowest BCUT2D eigenvalue weighted by Crippen LogP contribution is -2.30. The number of nitrogens with zero attached hydrogens (tertiary/aromatic N) is 3. The van der Waals surface area contributed by atoms with Crippen molar-refractivity contribution < 1.29 is 9.53 Å². The third-order valence-electron chi connectivity index (χ3n) is 4.37. The minimum Gasteiger partial charge on any atom is -0.481 e. The predicted octanol–water partition coefficient (Wildman–Crippen LogP) is 4.03. The molecule has 3 rings (SSSR count). The van der Waals surface area contributed by atoms with Crippen LogP contribution in [0.2, 0.25) is 0 Å². The van der Waals surface area contributed by atoms with Crippen LogP contribution in [0.5, 0.6) is 5.75 Å². The van der Waals surface area contributed by atoms with Crippen LogP contribution in [-0.4, -0.2) is 26.8 Å². The number of ether oxygens (including phenoxy) is 1. The number of carbonyl (C=O) groups is 1. The highest BCUT2D eigenvalue weighted by atomic mass is 16.5. The lowest BCUT2D eigenvalue weighted by atomic mass is 9.87. The molecule has 0 aliphatic carbocycles. The zero-order valence-corrected chi connectivity index (χ0v) is 16.7. The number of pyridine rings is 1. The Kier molecular flexibility index (Phi) is 5.78. The third-order valence-corrected chi connectivity index (χ3v) is 4.37. The van der Waals surface area contributed by atoms with E-state index in [1.807, 2.05) is 36.5 Å². The number of anilines is 1. The van der Waals surface area contributed by atoms with Gasteiger partial charge in [-0.1, -0.05) is 32.9 Å². The molecular formula is C22H26N4O2. The number of rotatable bonds is 6. The smallest absolute Gasteiger partial charge is 0.266 e. The molecule has 1 aromatic carbocycles. The fourth-order valence-electron chi connectivity index (χ4n) is 2.71. The molecule has 0 aliphatic heterocycles. The summed E-state index contributed by atoms with van der Waals surface area (Å²) in [6, 6.07) is 13.5. The molecule has 28 heavy (non-hydrogen) atoms. The largest absolute Gasteiger partial charge is 0.481 e. The quantitative estimate of drug-likeness (QED) is 0.703. The highest BCUT2D eigenvalue weighted by molar-refractivity contribution is 5.93. The molecule has 2 aromatic heterocycles. The fraction of sp³-hybridized carbons (Fsp3) is 0.318. The summed E-state index contributed by atoms with van der Waals surface area (Å²) in [6.07, 6.45) is 4.68. The molecule has 0 radical (unpaired) electrons. The zero-order chi connectivity index (χ0) is 20.1. The molecule has 1 N–H and O–H groups in total. The fourth-order valence-corrected chi connectivity index (χ4v) is 2.71. The van der Waals surface area contributed by atoms with E-state index < -0.39 is 6.10 Å². The SMILES string of the molecule is CC(Oc1cccc(C(C)(C)C)c1)C(=O)Nc1ccn(Cc2ccncc2)n1.